The van der Waals surface area contributed by atoms with Gasteiger partial charge in [0.2, 0.25) is 0 Å². The molecule has 0 aromatic rings. The number of rotatable bonds is 6. The average molecular weight is 143 g/mol. The topological polar surface area (TPSA) is 32.3 Å². The van der Waals surface area contributed by atoms with E-state index in [9.17, 15) is 0 Å². The zero-order valence-corrected chi connectivity index (χ0v) is 6.64. The molecule has 0 aromatic heterocycles. The first-order valence-electron chi connectivity index (χ1n) is 3.82. The van der Waals surface area contributed by atoms with E-state index in [1.807, 2.05) is 0 Å². The Hall–Kier alpha value is -0.340. The largest absolute Gasteiger partial charge is 0.388 e. The van der Waals surface area contributed by atoms with Crippen LogP contribution in [-0.2, 0) is 0 Å². The number of hydrogen-bond acceptors (Lipinski definition) is 2. The molecule has 0 bridgehead atoms. The van der Waals surface area contributed by atoms with Gasteiger partial charge in [0.15, 0.2) is 0 Å². The van der Waals surface area contributed by atoms with Crippen LogP contribution in [0.4, 0.5) is 0 Å². The van der Waals surface area contributed by atoms with Gasteiger partial charge in [-0.1, -0.05) is 19.4 Å². The van der Waals surface area contributed by atoms with Crippen molar-refractivity contribution in [2.75, 3.05) is 13.1 Å². The van der Waals surface area contributed by atoms with Crippen LogP contribution in [-0.4, -0.2) is 24.3 Å². The fourth-order valence-electron chi connectivity index (χ4n) is 0.635. The van der Waals surface area contributed by atoms with E-state index in [4.69, 9.17) is 5.11 Å². The lowest BCUT2D eigenvalue weighted by Gasteiger charge is -2.05. The molecule has 0 spiro atoms. The van der Waals surface area contributed by atoms with E-state index < -0.39 is 6.10 Å². The van der Waals surface area contributed by atoms with Crippen molar-refractivity contribution in [1.82, 2.24) is 5.32 Å². The summed E-state index contributed by atoms with van der Waals surface area (Å²) in [5.41, 5.74) is 0. The zero-order chi connectivity index (χ0) is 7.82. The van der Waals surface area contributed by atoms with Crippen LogP contribution >= 0.6 is 0 Å². The normalized spacial score (nSPS) is 13.0. The van der Waals surface area contributed by atoms with Crippen LogP contribution in [0.1, 0.15) is 19.8 Å². The van der Waals surface area contributed by atoms with Gasteiger partial charge in [-0.15, -0.1) is 6.58 Å². The van der Waals surface area contributed by atoms with E-state index in [2.05, 4.69) is 18.8 Å². The maximum atomic E-state index is 8.98. The van der Waals surface area contributed by atoms with Crippen molar-refractivity contribution in [2.24, 2.45) is 0 Å². The van der Waals surface area contributed by atoms with Crippen molar-refractivity contribution in [3.05, 3.63) is 12.7 Å². The smallest absolute Gasteiger partial charge is 0.0842 e. The van der Waals surface area contributed by atoms with E-state index >= 15 is 0 Å². The summed E-state index contributed by atoms with van der Waals surface area (Å²) in [7, 11) is 0. The van der Waals surface area contributed by atoms with Crippen molar-refractivity contribution in [3.63, 3.8) is 0 Å². The molecule has 2 nitrogen and oxygen atoms in total. The van der Waals surface area contributed by atoms with Crippen LogP contribution in [0, 0.1) is 0 Å². The van der Waals surface area contributed by atoms with Gasteiger partial charge in [0.1, 0.15) is 0 Å². The van der Waals surface area contributed by atoms with Crippen molar-refractivity contribution in [2.45, 2.75) is 25.9 Å². The van der Waals surface area contributed by atoms with E-state index in [0.717, 1.165) is 6.54 Å². The summed E-state index contributed by atoms with van der Waals surface area (Å²) in [6.07, 6.45) is 3.51. The number of unbranched alkanes of at least 4 members (excludes halogenated alkanes) is 1. The molecule has 0 saturated carbocycles. The minimum absolute atomic E-state index is 0.392. The SMILES string of the molecule is C=CC(O)CNCCCC. The molecule has 0 radical (unpaired) electrons. The van der Waals surface area contributed by atoms with Crippen LogP contribution in [0.3, 0.4) is 0 Å². The Kier molecular flexibility index (Phi) is 6.55. The molecule has 0 aliphatic carbocycles. The molecule has 0 rings (SSSR count). The highest BCUT2D eigenvalue weighted by molar-refractivity contribution is 4.79. The van der Waals surface area contributed by atoms with E-state index in [1.54, 1.807) is 6.08 Å². The third-order valence-electron chi connectivity index (χ3n) is 1.33. The molecule has 10 heavy (non-hydrogen) atoms. The van der Waals surface area contributed by atoms with Gasteiger partial charge in [-0.3, -0.25) is 0 Å². The highest BCUT2D eigenvalue weighted by Crippen LogP contribution is 1.84. The Bertz CT molecular complexity index is 83.3. The molecule has 0 aliphatic rings. The Labute approximate surface area is 62.9 Å². The van der Waals surface area contributed by atoms with Crippen molar-refractivity contribution in [3.8, 4) is 0 Å². The molecule has 2 N–H and O–H groups in total. The Morgan fingerprint density at radius 1 is 1.70 bits per heavy atom. The molecule has 2 heteroatoms. The molecule has 0 saturated heterocycles. The molecule has 0 aromatic carbocycles. The fourth-order valence-corrected chi connectivity index (χ4v) is 0.635. The maximum absolute atomic E-state index is 8.98. The molecule has 0 heterocycles. The van der Waals surface area contributed by atoms with Crippen LogP contribution in [0.2, 0.25) is 0 Å². The summed E-state index contributed by atoms with van der Waals surface area (Å²) in [6, 6.07) is 0. The summed E-state index contributed by atoms with van der Waals surface area (Å²) in [6.45, 7) is 7.23. The standard InChI is InChI=1S/C8H17NO/c1-3-5-6-9-7-8(10)4-2/h4,8-10H,2-3,5-7H2,1H3. The lowest BCUT2D eigenvalue weighted by atomic mass is 10.3. The second kappa shape index (κ2) is 6.78. The van der Waals surface area contributed by atoms with E-state index in [-0.39, 0.29) is 0 Å². The number of aliphatic hydroxyl groups excluding tert-OH is 1. The third kappa shape index (κ3) is 5.79. The molecule has 0 fully saturated rings. The zero-order valence-electron chi connectivity index (χ0n) is 6.64. The minimum Gasteiger partial charge on any atom is -0.388 e. The summed E-state index contributed by atoms with van der Waals surface area (Å²) in [4.78, 5) is 0. The van der Waals surface area contributed by atoms with E-state index in [0.29, 0.717) is 6.54 Å². The summed E-state index contributed by atoms with van der Waals surface area (Å²) in [5, 5.41) is 12.1. The van der Waals surface area contributed by atoms with Crippen molar-refractivity contribution < 1.29 is 5.11 Å². The predicted molar refractivity (Wildman–Crippen MR) is 44.0 cm³/mol. The third-order valence-corrected chi connectivity index (χ3v) is 1.33. The molecule has 1 atom stereocenters. The Morgan fingerprint density at radius 2 is 2.40 bits per heavy atom. The second-order valence-electron chi connectivity index (χ2n) is 2.36. The lowest BCUT2D eigenvalue weighted by Crippen LogP contribution is -2.25. The average Bonchev–Trinajstić information content (AvgIpc) is 1.98. The highest BCUT2D eigenvalue weighted by atomic mass is 16.3. The molecule has 0 amide bonds. The molecular weight excluding hydrogens is 126 g/mol. The molecule has 0 aliphatic heterocycles. The lowest BCUT2D eigenvalue weighted by molar-refractivity contribution is 0.219. The van der Waals surface area contributed by atoms with Crippen LogP contribution in [0.25, 0.3) is 0 Å². The molecule has 60 valence electrons. The first-order chi connectivity index (χ1) is 4.81. The van der Waals surface area contributed by atoms with Crippen molar-refractivity contribution >= 4 is 0 Å². The summed E-state index contributed by atoms with van der Waals surface area (Å²) in [5.74, 6) is 0. The first-order valence-corrected chi connectivity index (χ1v) is 3.82. The maximum Gasteiger partial charge on any atom is 0.0842 e. The van der Waals surface area contributed by atoms with Gasteiger partial charge in [0, 0.05) is 6.54 Å². The predicted octanol–water partition coefficient (Wildman–Crippen LogP) is 0.923. The summed E-state index contributed by atoms with van der Waals surface area (Å²) >= 11 is 0. The number of aliphatic hydroxyl groups is 1. The second-order valence-corrected chi connectivity index (χ2v) is 2.36. The Balaban J connectivity index is 2.95. The quantitative estimate of drug-likeness (QED) is 0.428. The minimum atomic E-state index is -0.392. The molecule has 1 unspecified atom stereocenters. The number of hydrogen-bond donors (Lipinski definition) is 2. The van der Waals surface area contributed by atoms with Crippen LogP contribution in [0.15, 0.2) is 12.7 Å². The van der Waals surface area contributed by atoms with Crippen LogP contribution < -0.4 is 5.32 Å². The number of nitrogens with one attached hydrogen (secondary N) is 1. The van der Waals surface area contributed by atoms with Gasteiger partial charge in [-0.25, -0.2) is 0 Å². The monoisotopic (exact) mass is 143 g/mol. The fraction of sp³-hybridized carbons (Fsp3) is 0.750. The van der Waals surface area contributed by atoms with Gasteiger partial charge in [-0.2, -0.15) is 0 Å². The first kappa shape index (κ1) is 9.66. The summed E-state index contributed by atoms with van der Waals surface area (Å²) < 4.78 is 0. The van der Waals surface area contributed by atoms with Gasteiger partial charge < -0.3 is 10.4 Å². The Morgan fingerprint density at radius 3 is 2.90 bits per heavy atom. The van der Waals surface area contributed by atoms with Gasteiger partial charge in [-0.05, 0) is 13.0 Å². The molecular formula is C8H17NO. The van der Waals surface area contributed by atoms with Crippen LogP contribution in [0.5, 0.6) is 0 Å². The van der Waals surface area contributed by atoms with Gasteiger partial charge in [0.25, 0.3) is 0 Å². The van der Waals surface area contributed by atoms with Crippen molar-refractivity contribution in [1.29, 1.82) is 0 Å². The van der Waals surface area contributed by atoms with Gasteiger partial charge in [0.05, 0.1) is 6.10 Å². The highest BCUT2D eigenvalue weighted by Gasteiger charge is 1.94. The van der Waals surface area contributed by atoms with Gasteiger partial charge >= 0.3 is 0 Å². The van der Waals surface area contributed by atoms with E-state index in [1.165, 1.54) is 12.8 Å².